The summed E-state index contributed by atoms with van der Waals surface area (Å²) >= 11 is 0. The third-order valence-electron chi connectivity index (χ3n) is 5.56. The minimum absolute atomic E-state index is 0.166. The molecule has 4 atom stereocenters. The molecule has 0 amide bonds. The third-order valence-corrected chi connectivity index (χ3v) is 5.56. The van der Waals surface area contributed by atoms with Gasteiger partial charge in [0.15, 0.2) is 5.82 Å². The Morgan fingerprint density at radius 2 is 2.14 bits per heavy atom. The zero-order chi connectivity index (χ0) is 20.7. The van der Waals surface area contributed by atoms with Crippen LogP contribution in [0.25, 0.3) is 5.52 Å². The number of nitrogen functional groups attached to an aromatic ring is 1. The van der Waals surface area contributed by atoms with Gasteiger partial charge in [0.25, 0.3) is 0 Å². The van der Waals surface area contributed by atoms with Gasteiger partial charge < -0.3 is 25.4 Å². The lowest BCUT2D eigenvalue weighted by molar-refractivity contribution is -0.161. The van der Waals surface area contributed by atoms with Crippen LogP contribution in [0, 0.1) is 5.41 Å². The second-order valence-corrected chi connectivity index (χ2v) is 8.34. The van der Waals surface area contributed by atoms with E-state index in [1.165, 1.54) is 10.8 Å². The fourth-order valence-corrected chi connectivity index (χ4v) is 3.29. The highest BCUT2D eigenvalue weighted by Gasteiger charge is 2.53. The van der Waals surface area contributed by atoms with Gasteiger partial charge in [-0.3, -0.25) is 4.79 Å². The summed E-state index contributed by atoms with van der Waals surface area (Å²) in [6.45, 7) is 7.43. The van der Waals surface area contributed by atoms with Crippen LogP contribution in [0.2, 0.25) is 0 Å². The summed E-state index contributed by atoms with van der Waals surface area (Å²) in [5.41, 5.74) is 5.53. The van der Waals surface area contributed by atoms with Crippen LogP contribution in [0.4, 0.5) is 5.82 Å². The molecule has 3 heterocycles. The summed E-state index contributed by atoms with van der Waals surface area (Å²) in [5, 5.41) is 25.3. The molecule has 1 aliphatic heterocycles. The number of nitrogens with zero attached hydrogens (tertiary/aromatic N) is 3. The molecule has 4 N–H and O–H groups in total. The Kier molecular flexibility index (Phi) is 5.35. The van der Waals surface area contributed by atoms with Gasteiger partial charge in [-0.25, -0.2) is 9.50 Å². The summed E-state index contributed by atoms with van der Waals surface area (Å²) in [6, 6.07) is 3.43. The number of hydrogen-bond donors (Lipinski definition) is 3. The van der Waals surface area contributed by atoms with E-state index in [1.54, 1.807) is 19.1 Å². The lowest BCUT2D eigenvalue weighted by Crippen LogP contribution is -2.45. The van der Waals surface area contributed by atoms with Gasteiger partial charge in [-0.05, 0) is 24.5 Å². The van der Waals surface area contributed by atoms with E-state index < -0.39 is 23.9 Å². The van der Waals surface area contributed by atoms with E-state index >= 15 is 0 Å². The topological polar surface area (TPSA) is 132 Å². The predicted molar refractivity (Wildman–Crippen MR) is 101 cm³/mol. The van der Waals surface area contributed by atoms with Crippen molar-refractivity contribution in [2.45, 2.75) is 64.4 Å². The van der Waals surface area contributed by atoms with Crippen molar-refractivity contribution in [1.29, 1.82) is 0 Å². The highest BCUT2D eigenvalue weighted by atomic mass is 16.6. The molecular weight excluding hydrogens is 364 g/mol. The van der Waals surface area contributed by atoms with E-state index in [0.717, 1.165) is 6.42 Å². The molecule has 3 rings (SSSR count). The molecule has 0 bridgehead atoms. The molecule has 9 heteroatoms. The van der Waals surface area contributed by atoms with E-state index in [9.17, 15) is 15.0 Å². The molecule has 0 saturated carbocycles. The normalized spacial score (nSPS) is 28.0. The third kappa shape index (κ3) is 3.69. The number of esters is 1. The molecule has 0 unspecified atom stereocenters. The number of carbonyl (C=O) groups excluding carboxylic acids is 1. The zero-order valence-electron chi connectivity index (χ0n) is 16.6. The second-order valence-electron chi connectivity index (χ2n) is 8.34. The van der Waals surface area contributed by atoms with Crippen LogP contribution in [-0.4, -0.2) is 55.2 Å². The molecule has 1 saturated heterocycles. The van der Waals surface area contributed by atoms with Gasteiger partial charge in [-0.1, -0.05) is 27.2 Å². The van der Waals surface area contributed by atoms with Gasteiger partial charge >= 0.3 is 5.97 Å². The largest absolute Gasteiger partial charge is 0.462 e. The smallest absolute Gasteiger partial charge is 0.306 e. The molecule has 0 aliphatic carbocycles. The number of carbonyl (C=O) groups is 1. The first-order chi connectivity index (χ1) is 13.1. The van der Waals surface area contributed by atoms with Crippen molar-refractivity contribution in [1.82, 2.24) is 14.6 Å². The van der Waals surface area contributed by atoms with Crippen molar-refractivity contribution in [3.8, 4) is 0 Å². The maximum Gasteiger partial charge on any atom is 0.306 e. The standard InChI is InChI=1S/C19H28N4O5/c1-5-18(2,3)8-13(24)27-9-19(4)16(26)14(25)15(28-19)11-6-7-12-17(20)21-10-22-23(11)12/h6-7,10,14-16,25-26H,5,8-9H2,1-4H3,(H2,20,21,22)/t14-,15-,16-,19+/m0/s1. The number of aliphatic hydroxyl groups excluding tert-OH is 2. The molecule has 1 fully saturated rings. The maximum absolute atomic E-state index is 12.2. The van der Waals surface area contributed by atoms with Crippen LogP contribution >= 0.6 is 0 Å². The van der Waals surface area contributed by atoms with Crippen LogP contribution in [-0.2, 0) is 14.3 Å². The predicted octanol–water partition coefficient (Wildman–Crippen LogP) is 1.23. The van der Waals surface area contributed by atoms with Gasteiger partial charge in [-0.2, -0.15) is 5.10 Å². The number of anilines is 1. The van der Waals surface area contributed by atoms with Crippen molar-refractivity contribution in [2.24, 2.45) is 5.41 Å². The summed E-state index contributed by atoms with van der Waals surface area (Å²) in [4.78, 5) is 16.1. The number of aliphatic hydroxyl groups is 2. The first kappa shape index (κ1) is 20.5. The second kappa shape index (κ2) is 7.31. The minimum Gasteiger partial charge on any atom is -0.462 e. The van der Waals surface area contributed by atoms with Crippen LogP contribution in [0.15, 0.2) is 18.5 Å². The van der Waals surface area contributed by atoms with Gasteiger partial charge in [0, 0.05) is 0 Å². The average Bonchev–Trinajstić information content (AvgIpc) is 3.16. The van der Waals surface area contributed by atoms with Gasteiger partial charge in [0.05, 0.1) is 12.1 Å². The molecule has 0 spiro atoms. The molecule has 9 nitrogen and oxygen atoms in total. The van der Waals surface area contributed by atoms with Crippen LogP contribution in [0.1, 0.15) is 52.3 Å². The summed E-state index contributed by atoms with van der Waals surface area (Å²) in [6.07, 6.45) is -0.908. The monoisotopic (exact) mass is 392 g/mol. The molecule has 2 aromatic rings. The lowest BCUT2D eigenvalue weighted by Gasteiger charge is -2.28. The first-order valence-electron chi connectivity index (χ1n) is 9.36. The SMILES string of the molecule is CCC(C)(C)CC(=O)OC[C@@]1(C)O[C@@H](c2ccc3c(N)ncnn23)[C@H](O)[C@@H]1O. The number of ether oxygens (including phenoxy) is 2. The Hall–Kier alpha value is -2.23. The van der Waals surface area contributed by atoms with E-state index in [-0.39, 0.29) is 24.4 Å². The number of rotatable bonds is 6. The van der Waals surface area contributed by atoms with Crippen molar-refractivity contribution < 1.29 is 24.5 Å². The highest BCUT2D eigenvalue weighted by Crippen LogP contribution is 2.41. The van der Waals surface area contributed by atoms with E-state index in [1.807, 2.05) is 20.8 Å². The average molecular weight is 392 g/mol. The van der Waals surface area contributed by atoms with Crippen molar-refractivity contribution >= 4 is 17.3 Å². The van der Waals surface area contributed by atoms with Crippen LogP contribution in [0.5, 0.6) is 0 Å². The summed E-state index contributed by atoms with van der Waals surface area (Å²) in [5.74, 6) is -0.0695. The van der Waals surface area contributed by atoms with Gasteiger partial charge in [0.2, 0.25) is 0 Å². The lowest BCUT2D eigenvalue weighted by atomic mass is 9.87. The van der Waals surface area contributed by atoms with Crippen LogP contribution < -0.4 is 5.73 Å². The first-order valence-corrected chi connectivity index (χ1v) is 9.36. The van der Waals surface area contributed by atoms with Gasteiger partial charge in [-0.15, -0.1) is 0 Å². The van der Waals surface area contributed by atoms with Crippen molar-refractivity contribution in [3.05, 3.63) is 24.2 Å². The zero-order valence-corrected chi connectivity index (χ0v) is 16.6. The minimum atomic E-state index is -1.25. The Labute approximate surface area is 163 Å². The molecule has 0 radical (unpaired) electrons. The van der Waals surface area contributed by atoms with Crippen molar-refractivity contribution in [3.63, 3.8) is 0 Å². The maximum atomic E-state index is 12.2. The van der Waals surface area contributed by atoms with E-state index in [4.69, 9.17) is 15.2 Å². The Balaban J connectivity index is 1.76. The quantitative estimate of drug-likeness (QED) is 0.626. The van der Waals surface area contributed by atoms with Crippen LogP contribution in [0.3, 0.4) is 0 Å². The Morgan fingerprint density at radius 1 is 1.43 bits per heavy atom. The highest BCUT2D eigenvalue weighted by molar-refractivity contribution is 5.70. The Bertz CT molecular complexity index is 867. The van der Waals surface area contributed by atoms with E-state index in [0.29, 0.717) is 17.0 Å². The number of fused-ring (bicyclic) bond motifs is 1. The number of nitrogens with two attached hydrogens (primary N) is 1. The summed E-state index contributed by atoms with van der Waals surface area (Å²) < 4.78 is 12.9. The van der Waals surface area contributed by atoms with Gasteiger partial charge in [0.1, 0.15) is 42.4 Å². The number of hydrogen-bond acceptors (Lipinski definition) is 8. The molecule has 154 valence electrons. The number of aromatic nitrogens is 3. The molecular formula is C19H28N4O5. The summed E-state index contributed by atoms with van der Waals surface area (Å²) in [7, 11) is 0. The molecule has 0 aromatic carbocycles. The van der Waals surface area contributed by atoms with Crippen molar-refractivity contribution in [2.75, 3.05) is 12.3 Å². The molecule has 1 aliphatic rings. The fraction of sp³-hybridized carbons (Fsp3) is 0.632. The fourth-order valence-electron chi connectivity index (χ4n) is 3.29. The molecule has 28 heavy (non-hydrogen) atoms. The Morgan fingerprint density at radius 3 is 2.82 bits per heavy atom. The molecule has 2 aromatic heterocycles. The van der Waals surface area contributed by atoms with E-state index in [2.05, 4.69) is 10.1 Å².